The number of rotatable bonds is 10. The number of ether oxygens (including phenoxy) is 1. The predicted octanol–water partition coefficient (Wildman–Crippen LogP) is 3.72. The third-order valence-corrected chi connectivity index (χ3v) is 3.31. The van der Waals surface area contributed by atoms with E-state index in [4.69, 9.17) is 4.74 Å². The van der Waals surface area contributed by atoms with Crippen LogP contribution in [0.3, 0.4) is 0 Å². The third kappa shape index (κ3) is 7.48. The van der Waals surface area contributed by atoms with E-state index in [2.05, 4.69) is 12.2 Å². The van der Waals surface area contributed by atoms with Gasteiger partial charge in [0.1, 0.15) is 12.4 Å². The summed E-state index contributed by atoms with van der Waals surface area (Å²) in [5.74, 6) is -0.251. The molecule has 5 heteroatoms. The Morgan fingerprint density at radius 1 is 1.29 bits per heavy atom. The fraction of sp³-hybridized carbons (Fsp3) is 0.625. The number of alkyl halides is 2. The van der Waals surface area contributed by atoms with Gasteiger partial charge in [0.05, 0.1) is 0 Å². The maximum atomic E-state index is 13.3. The van der Waals surface area contributed by atoms with Gasteiger partial charge in [-0.25, -0.2) is 13.2 Å². The minimum Gasteiger partial charge on any atom is -0.375 e. The first-order chi connectivity index (χ1) is 10.0. The van der Waals surface area contributed by atoms with E-state index in [-0.39, 0.29) is 18.5 Å². The van der Waals surface area contributed by atoms with Gasteiger partial charge in [0.2, 0.25) is 0 Å². The molecule has 1 atom stereocenters. The molecule has 0 amide bonds. The van der Waals surface area contributed by atoms with Crippen molar-refractivity contribution in [3.8, 4) is 0 Å². The largest absolute Gasteiger partial charge is 0.375 e. The lowest BCUT2D eigenvalue weighted by molar-refractivity contribution is 0.0144. The lowest BCUT2D eigenvalue weighted by Gasteiger charge is -2.20. The minimum absolute atomic E-state index is 0.100. The van der Waals surface area contributed by atoms with Gasteiger partial charge in [-0.1, -0.05) is 13.0 Å². The predicted molar refractivity (Wildman–Crippen MR) is 78.4 cm³/mol. The molecule has 0 aliphatic rings. The summed E-state index contributed by atoms with van der Waals surface area (Å²) in [6, 6.07) is 4.84. The molecule has 0 aromatic heterocycles. The van der Waals surface area contributed by atoms with Crippen LogP contribution in [0.1, 0.15) is 30.9 Å². The highest BCUT2D eigenvalue weighted by molar-refractivity contribution is 5.27. The standard InChI is InChI=1S/C16H24F3NO/c1-3-7-20-15(6-8-21-11-16(18)19)10-13-9-14(17)5-4-12(13)2/h4-5,9,15-16,20H,3,6-8,10-11H2,1-2H3. The van der Waals surface area contributed by atoms with E-state index in [1.54, 1.807) is 6.07 Å². The summed E-state index contributed by atoms with van der Waals surface area (Å²) in [4.78, 5) is 0. The van der Waals surface area contributed by atoms with Crippen LogP contribution < -0.4 is 5.32 Å². The molecule has 0 spiro atoms. The van der Waals surface area contributed by atoms with Gasteiger partial charge < -0.3 is 10.1 Å². The van der Waals surface area contributed by atoms with Crippen LogP contribution in [-0.4, -0.2) is 32.2 Å². The average Bonchev–Trinajstić information content (AvgIpc) is 2.44. The SMILES string of the molecule is CCCNC(CCOCC(F)F)Cc1cc(F)ccc1C. The van der Waals surface area contributed by atoms with Crippen LogP contribution in [0.5, 0.6) is 0 Å². The second kappa shape index (κ2) is 9.79. The van der Waals surface area contributed by atoms with Gasteiger partial charge in [-0.3, -0.25) is 0 Å². The Hall–Kier alpha value is -1.07. The first-order valence-corrected chi connectivity index (χ1v) is 7.37. The van der Waals surface area contributed by atoms with Crippen LogP contribution >= 0.6 is 0 Å². The molecule has 0 heterocycles. The molecule has 2 nitrogen and oxygen atoms in total. The zero-order chi connectivity index (χ0) is 15.7. The summed E-state index contributed by atoms with van der Waals surface area (Å²) < 4.78 is 42.3. The molecule has 120 valence electrons. The third-order valence-electron chi connectivity index (χ3n) is 3.31. The smallest absolute Gasteiger partial charge is 0.261 e. The molecule has 1 rings (SSSR count). The van der Waals surface area contributed by atoms with Crippen LogP contribution in [0.4, 0.5) is 13.2 Å². The average molecular weight is 303 g/mol. The molecule has 0 aliphatic heterocycles. The lowest BCUT2D eigenvalue weighted by atomic mass is 9.99. The molecule has 1 aromatic rings. The number of nitrogens with one attached hydrogen (secondary N) is 1. The lowest BCUT2D eigenvalue weighted by Crippen LogP contribution is -2.33. The Morgan fingerprint density at radius 3 is 2.71 bits per heavy atom. The van der Waals surface area contributed by atoms with Gasteiger partial charge in [0, 0.05) is 12.6 Å². The highest BCUT2D eigenvalue weighted by atomic mass is 19.3. The first-order valence-electron chi connectivity index (χ1n) is 7.37. The van der Waals surface area contributed by atoms with Crippen LogP contribution in [0.15, 0.2) is 18.2 Å². The van der Waals surface area contributed by atoms with Crippen molar-refractivity contribution < 1.29 is 17.9 Å². The van der Waals surface area contributed by atoms with E-state index in [1.165, 1.54) is 12.1 Å². The molecular formula is C16H24F3NO. The molecule has 0 bridgehead atoms. The fourth-order valence-electron chi connectivity index (χ4n) is 2.15. The van der Waals surface area contributed by atoms with E-state index >= 15 is 0 Å². The number of hydrogen-bond acceptors (Lipinski definition) is 2. The summed E-state index contributed by atoms with van der Waals surface area (Å²) in [6.07, 6.45) is -0.154. The van der Waals surface area contributed by atoms with Gasteiger partial charge in [0.25, 0.3) is 6.43 Å². The molecule has 0 fully saturated rings. The molecular weight excluding hydrogens is 279 g/mol. The molecule has 1 unspecified atom stereocenters. The van der Waals surface area contributed by atoms with Gasteiger partial charge >= 0.3 is 0 Å². The molecule has 1 N–H and O–H groups in total. The van der Waals surface area contributed by atoms with Gasteiger partial charge in [-0.2, -0.15) is 0 Å². The second-order valence-corrected chi connectivity index (χ2v) is 5.18. The van der Waals surface area contributed by atoms with Gasteiger partial charge in [-0.15, -0.1) is 0 Å². The van der Waals surface area contributed by atoms with Crippen molar-refractivity contribution in [1.82, 2.24) is 5.32 Å². The molecule has 0 radical (unpaired) electrons. The number of halogens is 3. The van der Waals surface area contributed by atoms with Crippen molar-refractivity contribution in [2.45, 2.75) is 45.6 Å². The summed E-state index contributed by atoms with van der Waals surface area (Å²) in [5, 5.41) is 3.36. The van der Waals surface area contributed by atoms with E-state index in [0.29, 0.717) is 12.8 Å². The van der Waals surface area contributed by atoms with E-state index in [1.807, 2.05) is 6.92 Å². The topological polar surface area (TPSA) is 21.3 Å². The zero-order valence-electron chi connectivity index (χ0n) is 12.7. The highest BCUT2D eigenvalue weighted by Crippen LogP contribution is 2.14. The monoisotopic (exact) mass is 303 g/mol. The van der Waals surface area contributed by atoms with E-state index in [0.717, 1.165) is 24.1 Å². The van der Waals surface area contributed by atoms with E-state index < -0.39 is 13.0 Å². The Labute approximate surface area is 124 Å². The molecule has 0 saturated heterocycles. The fourth-order valence-corrected chi connectivity index (χ4v) is 2.15. The number of benzene rings is 1. The van der Waals surface area contributed by atoms with Crippen molar-refractivity contribution in [3.05, 3.63) is 35.1 Å². The van der Waals surface area contributed by atoms with Crippen LogP contribution in [-0.2, 0) is 11.2 Å². The van der Waals surface area contributed by atoms with E-state index in [9.17, 15) is 13.2 Å². The maximum Gasteiger partial charge on any atom is 0.261 e. The van der Waals surface area contributed by atoms with Crippen LogP contribution in [0.2, 0.25) is 0 Å². The highest BCUT2D eigenvalue weighted by Gasteiger charge is 2.12. The normalized spacial score (nSPS) is 12.9. The molecule has 1 aromatic carbocycles. The second-order valence-electron chi connectivity index (χ2n) is 5.18. The van der Waals surface area contributed by atoms with Crippen molar-refractivity contribution in [2.24, 2.45) is 0 Å². The van der Waals surface area contributed by atoms with Crippen LogP contribution in [0, 0.1) is 12.7 Å². The number of aryl methyl sites for hydroxylation is 1. The van der Waals surface area contributed by atoms with Crippen molar-refractivity contribution in [1.29, 1.82) is 0 Å². The summed E-state index contributed by atoms with van der Waals surface area (Å²) in [5.41, 5.74) is 1.98. The van der Waals surface area contributed by atoms with Crippen molar-refractivity contribution in [3.63, 3.8) is 0 Å². The van der Waals surface area contributed by atoms with Crippen LogP contribution in [0.25, 0.3) is 0 Å². The maximum absolute atomic E-state index is 13.3. The summed E-state index contributed by atoms with van der Waals surface area (Å²) >= 11 is 0. The Balaban J connectivity index is 2.54. The Kier molecular flexibility index (Phi) is 8.38. The van der Waals surface area contributed by atoms with Crippen molar-refractivity contribution in [2.75, 3.05) is 19.8 Å². The number of hydrogen-bond donors (Lipinski definition) is 1. The zero-order valence-corrected chi connectivity index (χ0v) is 12.7. The van der Waals surface area contributed by atoms with Gasteiger partial charge in [0.15, 0.2) is 0 Å². The minimum atomic E-state index is -2.43. The van der Waals surface area contributed by atoms with Gasteiger partial charge in [-0.05, 0) is 56.0 Å². The quantitative estimate of drug-likeness (QED) is 0.665. The molecule has 0 saturated carbocycles. The Morgan fingerprint density at radius 2 is 2.05 bits per heavy atom. The molecule has 0 aliphatic carbocycles. The summed E-state index contributed by atoms with van der Waals surface area (Å²) in [6.45, 7) is 4.59. The summed E-state index contributed by atoms with van der Waals surface area (Å²) in [7, 11) is 0. The Bertz CT molecular complexity index is 413. The van der Waals surface area contributed by atoms with Crippen molar-refractivity contribution >= 4 is 0 Å². The molecule has 21 heavy (non-hydrogen) atoms. The first kappa shape index (κ1) is 18.0.